The van der Waals surface area contributed by atoms with Crippen molar-refractivity contribution in [3.05, 3.63) is 30.6 Å². The Bertz CT molecular complexity index is 582. The van der Waals surface area contributed by atoms with Crippen LogP contribution in [0.4, 0.5) is 5.82 Å². The fraction of sp³-hybridized carbons (Fsp3) is 0.500. The molecule has 1 unspecified atom stereocenters. The molecule has 20 heavy (non-hydrogen) atoms. The molecule has 0 bridgehead atoms. The van der Waals surface area contributed by atoms with Crippen LogP contribution in [0.3, 0.4) is 0 Å². The molecule has 3 heterocycles. The average molecular weight is 289 g/mol. The third-order valence-corrected chi connectivity index (χ3v) is 4.43. The molecule has 0 radical (unpaired) electrons. The van der Waals surface area contributed by atoms with Gasteiger partial charge in [-0.15, -0.1) is 11.8 Å². The van der Waals surface area contributed by atoms with E-state index in [2.05, 4.69) is 30.6 Å². The SMILES string of the molecule is CSc1cncc(N2CCCC2Cn2ccnc2C)n1. The van der Waals surface area contributed by atoms with Crippen molar-refractivity contribution in [3.63, 3.8) is 0 Å². The molecule has 5 nitrogen and oxygen atoms in total. The summed E-state index contributed by atoms with van der Waals surface area (Å²) in [5, 5.41) is 0.979. The highest BCUT2D eigenvalue weighted by molar-refractivity contribution is 7.98. The Labute approximate surface area is 123 Å². The number of hydrogen-bond acceptors (Lipinski definition) is 5. The van der Waals surface area contributed by atoms with E-state index < -0.39 is 0 Å². The van der Waals surface area contributed by atoms with E-state index in [0.29, 0.717) is 6.04 Å². The van der Waals surface area contributed by atoms with Gasteiger partial charge in [-0.3, -0.25) is 4.98 Å². The summed E-state index contributed by atoms with van der Waals surface area (Å²) in [6.07, 6.45) is 12.0. The van der Waals surface area contributed by atoms with Gasteiger partial charge in [0.2, 0.25) is 0 Å². The standard InChI is InChI=1S/C14H19N5S/c1-11-16-5-7-18(11)10-12-4-3-6-19(12)13-8-15-9-14(17-13)20-2/h5,7-9,12H,3-4,6,10H2,1-2H3. The van der Waals surface area contributed by atoms with Crippen LogP contribution in [0.2, 0.25) is 0 Å². The van der Waals surface area contributed by atoms with Gasteiger partial charge in [-0.2, -0.15) is 0 Å². The van der Waals surface area contributed by atoms with E-state index in [1.807, 2.05) is 31.8 Å². The predicted octanol–water partition coefficient (Wildman–Crippen LogP) is 2.37. The number of aryl methyl sites for hydroxylation is 1. The van der Waals surface area contributed by atoms with Crippen LogP contribution in [-0.2, 0) is 6.54 Å². The van der Waals surface area contributed by atoms with Gasteiger partial charge in [0.25, 0.3) is 0 Å². The van der Waals surface area contributed by atoms with Crippen LogP contribution in [-0.4, -0.2) is 38.4 Å². The summed E-state index contributed by atoms with van der Waals surface area (Å²) in [5.74, 6) is 2.07. The number of thioether (sulfide) groups is 1. The minimum Gasteiger partial charge on any atom is -0.351 e. The van der Waals surface area contributed by atoms with Gasteiger partial charge >= 0.3 is 0 Å². The molecule has 1 aliphatic rings. The minimum absolute atomic E-state index is 0.481. The third-order valence-electron chi connectivity index (χ3n) is 3.81. The molecular weight excluding hydrogens is 270 g/mol. The summed E-state index contributed by atoms with van der Waals surface area (Å²) in [6, 6.07) is 0.481. The summed E-state index contributed by atoms with van der Waals surface area (Å²) in [5.41, 5.74) is 0. The van der Waals surface area contributed by atoms with Crippen LogP contribution >= 0.6 is 11.8 Å². The summed E-state index contributed by atoms with van der Waals surface area (Å²) < 4.78 is 2.22. The smallest absolute Gasteiger partial charge is 0.148 e. The number of rotatable bonds is 4. The maximum atomic E-state index is 4.68. The predicted molar refractivity (Wildman–Crippen MR) is 81.1 cm³/mol. The molecule has 1 atom stereocenters. The molecular formula is C14H19N5S. The van der Waals surface area contributed by atoms with Crippen LogP contribution in [0.15, 0.2) is 29.8 Å². The fourth-order valence-corrected chi connectivity index (χ4v) is 3.08. The highest BCUT2D eigenvalue weighted by atomic mass is 32.2. The number of imidazole rings is 1. The zero-order chi connectivity index (χ0) is 13.9. The van der Waals surface area contributed by atoms with Crippen molar-refractivity contribution in [2.45, 2.75) is 37.4 Å². The lowest BCUT2D eigenvalue weighted by Crippen LogP contribution is -2.33. The third kappa shape index (κ3) is 2.65. The van der Waals surface area contributed by atoms with Gasteiger partial charge < -0.3 is 9.47 Å². The molecule has 2 aromatic rings. The van der Waals surface area contributed by atoms with E-state index in [1.165, 1.54) is 12.8 Å². The molecule has 3 rings (SSSR count). The maximum Gasteiger partial charge on any atom is 0.148 e. The molecule has 0 spiro atoms. The molecule has 1 fully saturated rings. The van der Waals surface area contributed by atoms with Gasteiger partial charge in [-0.05, 0) is 26.0 Å². The minimum atomic E-state index is 0.481. The van der Waals surface area contributed by atoms with Crippen molar-refractivity contribution < 1.29 is 0 Å². The molecule has 0 saturated carbocycles. The molecule has 106 valence electrons. The second kappa shape index (κ2) is 5.83. The van der Waals surface area contributed by atoms with E-state index in [-0.39, 0.29) is 0 Å². The van der Waals surface area contributed by atoms with Gasteiger partial charge in [0.05, 0.1) is 12.4 Å². The Kier molecular flexibility index (Phi) is 3.91. The topological polar surface area (TPSA) is 46.8 Å². The van der Waals surface area contributed by atoms with E-state index in [1.54, 1.807) is 11.8 Å². The van der Waals surface area contributed by atoms with E-state index in [4.69, 9.17) is 0 Å². The lowest BCUT2D eigenvalue weighted by molar-refractivity contribution is 0.537. The normalized spacial score (nSPS) is 18.7. The zero-order valence-corrected chi connectivity index (χ0v) is 12.7. The Morgan fingerprint density at radius 2 is 2.30 bits per heavy atom. The van der Waals surface area contributed by atoms with Crippen LogP contribution < -0.4 is 4.90 Å². The van der Waals surface area contributed by atoms with Crippen molar-refractivity contribution >= 4 is 17.6 Å². The van der Waals surface area contributed by atoms with Crippen LogP contribution in [0.1, 0.15) is 18.7 Å². The number of nitrogens with zero attached hydrogens (tertiary/aromatic N) is 5. The lowest BCUT2D eigenvalue weighted by Gasteiger charge is -2.26. The monoisotopic (exact) mass is 289 g/mol. The first kappa shape index (κ1) is 13.4. The zero-order valence-electron chi connectivity index (χ0n) is 11.9. The molecule has 0 aromatic carbocycles. The van der Waals surface area contributed by atoms with Gasteiger partial charge in [0, 0.05) is 31.5 Å². The Morgan fingerprint density at radius 3 is 3.05 bits per heavy atom. The van der Waals surface area contributed by atoms with Gasteiger partial charge in [-0.25, -0.2) is 9.97 Å². The molecule has 1 saturated heterocycles. The second-order valence-electron chi connectivity index (χ2n) is 5.04. The highest BCUT2D eigenvalue weighted by Gasteiger charge is 2.26. The molecule has 2 aromatic heterocycles. The van der Waals surface area contributed by atoms with E-state index >= 15 is 0 Å². The van der Waals surface area contributed by atoms with Crippen LogP contribution in [0, 0.1) is 6.92 Å². The molecule has 0 N–H and O–H groups in total. The number of hydrogen-bond donors (Lipinski definition) is 0. The van der Waals surface area contributed by atoms with E-state index in [0.717, 1.165) is 29.8 Å². The van der Waals surface area contributed by atoms with Crippen LogP contribution in [0.5, 0.6) is 0 Å². The first-order valence-electron chi connectivity index (χ1n) is 6.88. The van der Waals surface area contributed by atoms with Crippen molar-refractivity contribution in [1.82, 2.24) is 19.5 Å². The summed E-state index contributed by atoms with van der Waals surface area (Å²) in [4.78, 5) is 15.7. The molecule has 6 heteroatoms. The maximum absolute atomic E-state index is 4.68. The first-order valence-corrected chi connectivity index (χ1v) is 8.11. The van der Waals surface area contributed by atoms with Crippen LogP contribution in [0.25, 0.3) is 0 Å². The summed E-state index contributed by atoms with van der Waals surface area (Å²) >= 11 is 1.64. The van der Waals surface area contributed by atoms with Crippen molar-refractivity contribution in [3.8, 4) is 0 Å². The molecule has 0 aliphatic carbocycles. The first-order chi connectivity index (χ1) is 9.78. The second-order valence-corrected chi connectivity index (χ2v) is 5.86. The van der Waals surface area contributed by atoms with Gasteiger partial charge in [-0.1, -0.05) is 0 Å². The summed E-state index contributed by atoms with van der Waals surface area (Å²) in [7, 11) is 0. The highest BCUT2D eigenvalue weighted by Crippen LogP contribution is 2.26. The van der Waals surface area contributed by atoms with Crippen molar-refractivity contribution in [1.29, 1.82) is 0 Å². The number of anilines is 1. The van der Waals surface area contributed by atoms with E-state index in [9.17, 15) is 0 Å². The number of aromatic nitrogens is 4. The van der Waals surface area contributed by atoms with Crippen molar-refractivity contribution in [2.75, 3.05) is 17.7 Å². The molecule has 0 amide bonds. The van der Waals surface area contributed by atoms with Gasteiger partial charge in [0.1, 0.15) is 16.7 Å². The Hall–Kier alpha value is -1.56. The Balaban J connectivity index is 1.79. The summed E-state index contributed by atoms with van der Waals surface area (Å²) in [6.45, 7) is 4.08. The van der Waals surface area contributed by atoms with Crippen molar-refractivity contribution in [2.24, 2.45) is 0 Å². The quantitative estimate of drug-likeness (QED) is 0.809. The average Bonchev–Trinajstić information content (AvgIpc) is 3.09. The largest absolute Gasteiger partial charge is 0.351 e. The Morgan fingerprint density at radius 1 is 1.40 bits per heavy atom. The lowest BCUT2D eigenvalue weighted by atomic mass is 10.2. The fourth-order valence-electron chi connectivity index (χ4n) is 2.73. The van der Waals surface area contributed by atoms with Gasteiger partial charge in [0.15, 0.2) is 0 Å². The molecule has 1 aliphatic heterocycles.